The van der Waals surface area contributed by atoms with Crippen LogP contribution in [-0.2, 0) is 0 Å². The van der Waals surface area contributed by atoms with Crippen molar-refractivity contribution < 1.29 is 4.39 Å². The Hall–Kier alpha value is -1.16. The van der Waals surface area contributed by atoms with E-state index in [2.05, 4.69) is 22.1 Å². The number of anilines is 1. The molecule has 0 aromatic carbocycles. The third kappa shape index (κ3) is 3.40. The van der Waals surface area contributed by atoms with Crippen molar-refractivity contribution in [3.05, 3.63) is 24.1 Å². The lowest BCUT2D eigenvalue weighted by atomic mass is 9.97. The highest BCUT2D eigenvalue weighted by Crippen LogP contribution is 2.21. The highest BCUT2D eigenvalue weighted by molar-refractivity contribution is 5.38. The van der Waals surface area contributed by atoms with E-state index in [1.54, 1.807) is 6.07 Å². The predicted molar refractivity (Wildman–Crippen MR) is 67.7 cm³/mol. The van der Waals surface area contributed by atoms with Crippen molar-refractivity contribution in [3.63, 3.8) is 0 Å². The first-order valence-electron chi connectivity index (χ1n) is 6.37. The molecule has 94 valence electrons. The van der Waals surface area contributed by atoms with Gasteiger partial charge in [0.15, 0.2) is 0 Å². The van der Waals surface area contributed by atoms with Gasteiger partial charge in [-0.2, -0.15) is 0 Å². The molecule has 4 heteroatoms. The van der Waals surface area contributed by atoms with E-state index in [1.165, 1.54) is 25.1 Å². The number of nitrogens with one attached hydrogen (secondary N) is 1. The molecular weight excluding hydrogens is 217 g/mol. The molecule has 17 heavy (non-hydrogen) atoms. The molecule has 0 radical (unpaired) electrons. The Morgan fingerprint density at radius 1 is 1.41 bits per heavy atom. The molecule has 2 heterocycles. The van der Waals surface area contributed by atoms with Crippen molar-refractivity contribution in [1.82, 2.24) is 10.3 Å². The molecule has 3 nitrogen and oxygen atoms in total. The van der Waals surface area contributed by atoms with Gasteiger partial charge in [-0.1, -0.05) is 6.92 Å². The van der Waals surface area contributed by atoms with Crippen LogP contribution in [0.15, 0.2) is 18.3 Å². The van der Waals surface area contributed by atoms with Crippen molar-refractivity contribution in [2.75, 3.05) is 31.1 Å². The molecule has 1 saturated heterocycles. The lowest BCUT2D eigenvalue weighted by molar-refractivity contribution is 0.385. The van der Waals surface area contributed by atoms with Gasteiger partial charge in [0, 0.05) is 13.1 Å². The molecule has 0 saturated carbocycles. The minimum atomic E-state index is -0.268. The summed E-state index contributed by atoms with van der Waals surface area (Å²) in [5, 5.41) is 3.40. The molecular formula is C13H20FN3. The van der Waals surface area contributed by atoms with Crippen LogP contribution in [0.3, 0.4) is 0 Å². The first-order valence-corrected chi connectivity index (χ1v) is 6.37. The van der Waals surface area contributed by atoms with Gasteiger partial charge >= 0.3 is 0 Å². The predicted octanol–water partition coefficient (Wildman–Crippen LogP) is 2.05. The van der Waals surface area contributed by atoms with Crippen molar-refractivity contribution >= 4 is 5.82 Å². The van der Waals surface area contributed by atoms with Crippen molar-refractivity contribution in [2.24, 2.45) is 5.92 Å². The fraction of sp³-hybridized carbons (Fsp3) is 0.615. The summed E-state index contributed by atoms with van der Waals surface area (Å²) in [4.78, 5) is 6.36. The van der Waals surface area contributed by atoms with Crippen molar-refractivity contribution in [2.45, 2.75) is 19.8 Å². The molecule has 1 aliphatic heterocycles. The maximum absolute atomic E-state index is 12.8. The molecule has 1 fully saturated rings. The monoisotopic (exact) mass is 237 g/mol. The molecule has 1 aromatic heterocycles. The van der Waals surface area contributed by atoms with E-state index in [0.29, 0.717) is 0 Å². The molecule has 0 amide bonds. The van der Waals surface area contributed by atoms with Crippen LogP contribution in [0.25, 0.3) is 0 Å². The van der Waals surface area contributed by atoms with Gasteiger partial charge in [0.05, 0.1) is 6.20 Å². The summed E-state index contributed by atoms with van der Waals surface area (Å²) in [5.74, 6) is 1.40. The van der Waals surface area contributed by atoms with Gasteiger partial charge in [0.25, 0.3) is 0 Å². The lowest BCUT2D eigenvalue weighted by Crippen LogP contribution is -2.37. The number of nitrogens with zero attached hydrogens (tertiary/aromatic N) is 2. The first kappa shape index (κ1) is 12.3. The Kier molecular flexibility index (Phi) is 4.31. The summed E-state index contributed by atoms with van der Waals surface area (Å²) in [6, 6.07) is 3.24. The fourth-order valence-corrected chi connectivity index (χ4v) is 2.27. The highest BCUT2D eigenvalue weighted by atomic mass is 19.1. The number of aromatic nitrogens is 1. The van der Waals surface area contributed by atoms with Gasteiger partial charge in [-0.3, -0.25) is 0 Å². The molecule has 0 aliphatic carbocycles. The summed E-state index contributed by atoms with van der Waals surface area (Å²) in [6.07, 6.45) is 3.66. The standard InChI is InChI=1S/C13H20FN3/c1-2-15-9-11-5-7-17(8-6-11)13-4-3-12(14)10-16-13/h3-4,10-11,15H,2,5-9H2,1H3. The second-order valence-electron chi connectivity index (χ2n) is 4.57. The third-order valence-corrected chi connectivity index (χ3v) is 3.33. The van der Waals surface area contributed by atoms with E-state index >= 15 is 0 Å². The van der Waals surface area contributed by atoms with Crippen LogP contribution in [0.1, 0.15) is 19.8 Å². The van der Waals surface area contributed by atoms with E-state index in [1.807, 2.05) is 0 Å². The zero-order valence-electron chi connectivity index (χ0n) is 10.3. The Morgan fingerprint density at radius 3 is 2.76 bits per heavy atom. The Balaban J connectivity index is 1.84. The average molecular weight is 237 g/mol. The second kappa shape index (κ2) is 5.96. The quantitative estimate of drug-likeness (QED) is 0.868. The molecule has 0 spiro atoms. The van der Waals surface area contributed by atoms with E-state index in [0.717, 1.165) is 37.9 Å². The summed E-state index contributed by atoms with van der Waals surface area (Å²) >= 11 is 0. The van der Waals surface area contributed by atoms with Crippen molar-refractivity contribution in [1.29, 1.82) is 0 Å². The van der Waals surface area contributed by atoms with E-state index in [-0.39, 0.29) is 5.82 Å². The van der Waals surface area contributed by atoms with Gasteiger partial charge in [-0.05, 0) is 44.0 Å². The smallest absolute Gasteiger partial charge is 0.141 e. The molecule has 0 unspecified atom stereocenters. The molecule has 0 bridgehead atoms. The zero-order valence-corrected chi connectivity index (χ0v) is 10.3. The topological polar surface area (TPSA) is 28.2 Å². The summed E-state index contributed by atoms with van der Waals surface area (Å²) < 4.78 is 12.8. The SMILES string of the molecule is CCNCC1CCN(c2ccc(F)cn2)CC1. The molecule has 2 rings (SSSR count). The number of hydrogen-bond donors (Lipinski definition) is 1. The van der Waals surface area contributed by atoms with Gasteiger partial charge in [0.2, 0.25) is 0 Å². The second-order valence-corrected chi connectivity index (χ2v) is 4.57. The number of rotatable bonds is 4. The maximum atomic E-state index is 12.8. The Morgan fingerprint density at radius 2 is 2.18 bits per heavy atom. The first-order chi connectivity index (χ1) is 8.29. The number of halogens is 1. The Bertz CT molecular complexity index is 331. The van der Waals surface area contributed by atoms with Gasteiger partial charge < -0.3 is 10.2 Å². The highest BCUT2D eigenvalue weighted by Gasteiger charge is 2.19. The minimum Gasteiger partial charge on any atom is -0.357 e. The largest absolute Gasteiger partial charge is 0.357 e. The van der Waals surface area contributed by atoms with E-state index in [9.17, 15) is 4.39 Å². The van der Waals surface area contributed by atoms with Crippen LogP contribution in [0.2, 0.25) is 0 Å². The van der Waals surface area contributed by atoms with Crippen LogP contribution in [0.5, 0.6) is 0 Å². The summed E-state index contributed by atoms with van der Waals surface area (Å²) in [5.41, 5.74) is 0. The zero-order chi connectivity index (χ0) is 12.1. The van der Waals surface area contributed by atoms with Crippen molar-refractivity contribution in [3.8, 4) is 0 Å². The van der Waals surface area contributed by atoms with Crippen LogP contribution in [0, 0.1) is 11.7 Å². The minimum absolute atomic E-state index is 0.268. The normalized spacial score (nSPS) is 17.4. The van der Waals surface area contributed by atoms with Gasteiger partial charge in [-0.15, -0.1) is 0 Å². The molecule has 1 aliphatic rings. The molecule has 0 atom stereocenters. The maximum Gasteiger partial charge on any atom is 0.141 e. The average Bonchev–Trinajstić information content (AvgIpc) is 2.38. The van der Waals surface area contributed by atoms with E-state index < -0.39 is 0 Å². The van der Waals surface area contributed by atoms with Crippen LogP contribution < -0.4 is 10.2 Å². The van der Waals surface area contributed by atoms with Crippen LogP contribution in [0.4, 0.5) is 10.2 Å². The number of piperidine rings is 1. The molecule has 1 N–H and O–H groups in total. The van der Waals surface area contributed by atoms with E-state index in [4.69, 9.17) is 0 Å². The van der Waals surface area contributed by atoms with Gasteiger partial charge in [0.1, 0.15) is 11.6 Å². The lowest BCUT2D eigenvalue weighted by Gasteiger charge is -2.32. The summed E-state index contributed by atoms with van der Waals surface area (Å²) in [6.45, 7) is 6.34. The number of pyridine rings is 1. The van der Waals surface area contributed by atoms with Gasteiger partial charge in [-0.25, -0.2) is 9.37 Å². The number of hydrogen-bond acceptors (Lipinski definition) is 3. The fourth-order valence-electron chi connectivity index (χ4n) is 2.27. The Labute approximate surface area is 102 Å². The summed E-state index contributed by atoms with van der Waals surface area (Å²) in [7, 11) is 0. The molecule has 1 aromatic rings. The third-order valence-electron chi connectivity index (χ3n) is 3.33. The van der Waals surface area contributed by atoms with Crippen LogP contribution >= 0.6 is 0 Å². The van der Waals surface area contributed by atoms with Crippen LogP contribution in [-0.4, -0.2) is 31.2 Å².